The van der Waals surface area contributed by atoms with E-state index in [4.69, 9.17) is 24.8 Å². The van der Waals surface area contributed by atoms with Crippen LogP contribution in [-0.2, 0) is 11.4 Å². The summed E-state index contributed by atoms with van der Waals surface area (Å²) < 4.78 is 23.4. The highest BCUT2D eigenvalue weighted by Gasteiger charge is 2.15. The number of fused-ring (bicyclic) bond motifs is 1. The minimum Gasteiger partial charge on any atom is -0.497 e. The Morgan fingerprint density at radius 1 is 1.12 bits per heavy atom. The minimum atomic E-state index is -0.205. The van der Waals surface area contributed by atoms with Gasteiger partial charge in [-0.1, -0.05) is 11.8 Å². The van der Waals surface area contributed by atoms with Crippen molar-refractivity contribution in [2.75, 3.05) is 37.2 Å². The van der Waals surface area contributed by atoms with Crippen LogP contribution in [0.5, 0.6) is 23.0 Å². The summed E-state index contributed by atoms with van der Waals surface area (Å²) in [6, 6.07) is 12.5. The number of benzene rings is 2. The Kier molecular flexibility index (Phi) is 6.85. The summed E-state index contributed by atoms with van der Waals surface area (Å²) in [5, 5.41) is 11.3. The minimum absolute atomic E-state index is 0.114. The number of nitrogens with zero attached hydrogens (tertiary/aromatic N) is 3. The molecule has 168 valence electrons. The molecule has 0 saturated carbocycles. The topological polar surface area (TPSA) is 123 Å². The molecule has 2 heterocycles. The highest BCUT2D eigenvalue weighted by molar-refractivity contribution is 7.99. The van der Waals surface area contributed by atoms with E-state index < -0.39 is 0 Å². The molecule has 4 rings (SSSR count). The van der Waals surface area contributed by atoms with Crippen LogP contribution in [0.3, 0.4) is 0 Å². The normalized spacial score (nSPS) is 12.7. The fourth-order valence-corrected chi connectivity index (χ4v) is 3.57. The molecule has 1 aromatic heterocycles. The molecule has 0 atom stereocenters. The number of amides is 1. The summed E-state index contributed by atoms with van der Waals surface area (Å²) in [6.07, 6.45) is 0.819. The molecular formula is C21H23N5O5S. The Morgan fingerprint density at radius 3 is 2.66 bits per heavy atom. The van der Waals surface area contributed by atoms with E-state index in [1.807, 2.05) is 0 Å². The van der Waals surface area contributed by atoms with Gasteiger partial charge in [0, 0.05) is 18.2 Å². The zero-order valence-electron chi connectivity index (χ0n) is 17.4. The van der Waals surface area contributed by atoms with Gasteiger partial charge in [0.15, 0.2) is 17.3 Å². The summed E-state index contributed by atoms with van der Waals surface area (Å²) in [4.78, 5) is 12.4. The summed E-state index contributed by atoms with van der Waals surface area (Å²) in [5.41, 5.74) is 0.627. The van der Waals surface area contributed by atoms with Gasteiger partial charge in [0.25, 0.3) is 0 Å². The summed E-state index contributed by atoms with van der Waals surface area (Å²) in [5.74, 6) is 9.08. The van der Waals surface area contributed by atoms with E-state index in [1.54, 1.807) is 49.6 Å². The summed E-state index contributed by atoms with van der Waals surface area (Å²) >= 11 is 1.18. The third-order valence-corrected chi connectivity index (χ3v) is 5.47. The maximum absolute atomic E-state index is 12.4. The van der Waals surface area contributed by atoms with Gasteiger partial charge in [0.1, 0.15) is 18.1 Å². The second-order valence-electron chi connectivity index (χ2n) is 6.78. The fourth-order valence-electron chi connectivity index (χ4n) is 2.89. The Hall–Kier alpha value is -3.60. The average Bonchev–Trinajstić information content (AvgIpc) is 3.00. The second kappa shape index (κ2) is 10.1. The number of nitrogen functional groups attached to an aromatic ring is 1. The second-order valence-corrected chi connectivity index (χ2v) is 7.72. The van der Waals surface area contributed by atoms with Crippen molar-refractivity contribution in [3.63, 3.8) is 0 Å². The van der Waals surface area contributed by atoms with Crippen LogP contribution in [0.4, 0.5) is 5.69 Å². The average molecular weight is 458 g/mol. The van der Waals surface area contributed by atoms with Gasteiger partial charge in [-0.2, -0.15) is 0 Å². The molecule has 0 unspecified atom stereocenters. The zero-order valence-corrected chi connectivity index (χ0v) is 18.3. The van der Waals surface area contributed by atoms with Gasteiger partial charge in [0.2, 0.25) is 11.1 Å². The van der Waals surface area contributed by atoms with Gasteiger partial charge >= 0.3 is 0 Å². The van der Waals surface area contributed by atoms with Crippen molar-refractivity contribution in [2.24, 2.45) is 0 Å². The van der Waals surface area contributed by atoms with Crippen molar-refractivity contribution in [2.45, 2.75) is 18.2 Å². The van der Waals surface area contributed by atoms with Crippen LogP contribution >= 0.6 is 11.8 Å². The quantitative estimate of drug-likeness (QED) is 0.388. The largest absolute Gasteiger partial charge is 0.497 e. The van der Waals surface area contributed by atoms with Crippen molar-refractivity contribution in [1.82, 2.24) is 14.9 Å². The van der Waals surface area contributed by atoms with Crippen molar-refractivity contribution < 1.29 is 23.7 Å². The molecule has 0 aliphatic carbocycles. The van der Waals surface area contributed by atoms with Crippen LogP contribution < -0.4 is 30.1 Å². The number of methoxy groups -OCH3 is 1. The predicted molar refractivity (Wildman–Crippen MR) is 119 cm³/mol. The number of aromatic nitrogens is 3. The maximum Gasteiger partial charge on any atom is 0.234 e. The summed E-state index contributed by atoms with van der Waals surface area (Å²) in [6.45, 7) is 1.33. The first-order chi connectivity index (χ1) is 15.6. The lowest BCUT2D eigenvalue weighted by Gasteiger charge is -2.10. The van der Waals surface area contributed by atoms with Crippen molar-refractivity contribution in [3.05, 3.63) is 48.3 Å². The van der Waals surface area contributed by atoms with E-state index in [-0.39, 0.29) is 18.3 Å². The van der Waals surface area contributed by atoms with E-state index in [9.17, 15) is 4.79 Å². The van der Waals surface area contributed by atoms with Crippen LogP contribution in [-0.4, -0.2) is 46.9 Å². The first-order valence-electron chi connectivity index (χ1n) is 9.91. The first kappa shape index (κ1) is 21.6. The Balaban J connectivity index is 1.28. The van der Waals surface area contributed by atoms with Crippen LogP contribution in [0.2, 0.25) is 0 Å². The summed E-state index contributed by atoms with van der Waals surface area (Å²) in [7, 11) is 1.60. The molecule has 1 aliphatic heterocycles. The standard InChI is InChI=1S/C21H23N5O5S/c1-28-15-4-6-16(7-5-15)31-12-19-24-25-21(26(19)22)32-13-20(27)23-14-3-8-17-18(11-14)30-10-2-9-29-17/h3-8,11H,2,9-10,12-13,22H2,1H3,(H,23,27). The molecule has 10 nitrogen and oxygen atoms in total. The number of anilines is 1. The lowest BCUT2D eigenvalue weighted by atomic mass is 10.2. The molecule has 11 heteroatoms. The number of hydrogen-bond donors (Lipinski definition) is 2. The van der Waals surface area contributed by atoms with Gasteiger partial charge in [-0.25, -0.2) is 4.68 Å². The highest BCUT2D eigenvalue weighted by atomic mass is 32.2. The molecular weight excluding hydrogens is 434 g/mol. The maximum atomic E-state index is 12.4. The first-order valence-corrected chi connectivity index (χ1v) is 10.9. The molecule has 0 bridgehead atoms. The lowest BCUT2D eigenvalue weighted by molar-refractivity contribution is -0.113. The molecule has 2 aromatic carbocycles. The molecule has 3 N–H and O–H groups in total. The third kappa shape index (κ3) is 5.35. The predicted octanol–water partition coefficient (Wildman–Crippen LogP) is 2.47. The Labute approximate surface area is 189 Å². The molecule has 0 saturated heterocycles. The monoisotopic (exact) mass is 457 g/mol. The number of ether oxygens (including phenoxy) is 4. The molecule has 1 amide bonds. The van der Waals surface area contributed by atoms with Crippen molar-refractivity contribution >= 4 is 23.4 Å². The molecule has 1 aliphatic rings. The smallest absolute Gasteiger partial charge is 0.234 e. The molecule has 3 aromatic rings. The molecule has 0 spiro atoms. The van der Waals surface area contributed by atoms with Gasteiger partial charge in [-0.3, -0.25) is 4.79 Å². The lowest BCUT2D eigenvalue weighted by Crippen LogP contribution is -2.18. The van der Waals surface area contributed by atoms with Crippen molar-refractivity contribution in [3.8, 4) is 23.0 Å². The van der Waals surface area contributed by atoms with Crippen LogP contribution in [0.15, 0.2) is 47.6 Å². The zero-order chi connectivity index (χ0) is 22.3. The number of nitrogens with one attached hydrogen (secondary N) is 1. The number of nitrogens with two attached hydrogens (primary N) is 1. The number of carbonyl (C=O) groups excluding carboxylic acids is 1. The molecule has 32 heavy (non-hydrogen) atoms. The third-order valence-electron chi connectivity index (χ3n) is 4.53. The van der Waals surface area contributed by atoms with Crippen LogP contribution in [0.25, 0.3) is 0 Å². The number of thioether (sulfide) groups is 1. The fraction of sp³-hybridized carbons (Fsp3) is 0.286. The Bertz CT molecular complexity index is 1070. The van der Waals surface area contributed by atoms with Gasteiger partial charge in [-0.05, 0) is 36.4 Å². The number of carbonyl (C=O) groups is 1. The van der Waals surface area contributed by atoms with E-state index in [0.717, 1.165) is 12.2 Å². The van der Waals surface area contributed by atoms with E-state index in [1.165, 1.54) is 16.4 Å². The van der Waals surface area contributed by atoms with Crippen LogP contribution in [0, 0.1) is 0 Å². The molecule has 0 fully saturated rings. The van der Waals surface area contributed by atoms with Gasteiger partial charge < -0.3 is 30.1 Å². The van der Waals surface area contributed by atoms with E-state index >= 15 is 0 Å². The SMILES string of the molecule is COc1ccc(OCc2nnc(SCC(=O)Nc3ccc4c(c3)OCCCO4)n2N)cc1. The number of rotatable bonds is 8. The van der Waals surface area contributed by atoms with Crippen molar-refractivity contribution in [1.29, 1.82) is 0 Å². The van der Waals surface area contributed by atoms with Crippen LogP contribution in [0.1, 0.15) is 12.2 Å². The number of hydrogen-bond acceptors (Lipinski definition) is 9. The highest BCUT2D eigenvalue weighted by Crippen LogP contribution is 2.32. The van der Waals surface area contributed by atoms with Gasteiger partial charge in [0.05, 0.1) is 26.1 Å². The van der Waals surface area contributed by atoms with E-state index in [2.05, 4.69) is 15.5 Å². The molecule has 0 radical (unpaired) electrons. The van der Waals surface area contributed by atoms with Gasteiger partial charge in [-0.15, -0.1) is 10.2 Å². The van der Waals surface area contributed by atoms with E-state index in [0.29, 0.717) is 47.1 Å². The Morgan fingerprint density at radius 2 is 1.88 bits per heavy atom.